The van der Waals surface area contributed by atoms with Crippen molar-refractivity contribution in [2.24, 2.45) is 7.05 Å². The van der Waals surface area contributed by atoms with Gasteiger partial charge < -0.3 is 24.2 Å². The van der Waals surface area contributed by atoms with Crippen LogP contribution in [0.15, 0.2) is 42.5 Å². The third-order valence-electron chi connectivity index (χ3n) is 6.33. The molecule has 2 saturated heterocycles. The van der Waals surface area contributed by atoms with E-state index in [1.807, 2.05) is 47.4 Å². The molecule has 0 spiro atoms. The number of piperazine rings is 1. The van der Waals surface area contributed by atoms with E-state index < -0.39 is 0 Å². The molecule has 2 aliphatic rings. The van der Waals surface area contributed by atoms with Gasteiger partial charge in [-0.1, -0.05) is 12.1 Å². The lowest BCUT2D eigenvalue weighted by Gasteiger charge is -2.35. The summed E-state index contributed by atoms with van der Waals surface area (Å²) in [6.45, 7) is 5.76. The quantitative estimate of drug-likeness (QED) is 0.565. The minimum atomic E-state index is -0.0162. The van der Waals surface area contributed by atoms with E-state index in [9.17, 15) is 4.79 Å². The summed E-state index contributed by atoms with van der Waals surface area (Å²) < 4.78 is 12.4. The minimum Gasteiger partial charge on any atom is -0.497 e. The molecule has 34 heavy (non-hydrogen) atoms. The molecule has 178 valence electrons. The van der Waals surface area contributed by atoms with Gasteiger partial charge in [-0.3, -0.25) is 9.48 Å². The van der Waals surface area contributed by atoms with Crippen LogP contribution < -0.4 is 14.5 Å². The van der Waals surface area contributed by atoms with Crippen molar-refractivity contribution in [1.82, 2.24) is 24.9 Å². The smallest absolute Gasteiger partial charge is 0.272 e. The highest BCUT2D eigenvalue weighted by molar-refractivity contribution is 5.94. The summed E-state index contributed by atoms with van der Waals surface area (Å²) >= 11 is 0. The Morgan fingerprint density at radius 2 is 1.59 bits per heavy atom. The molecule has 1 amide bonds. The van der Waals surface area contributed by atoms with Crippen molar-refractivity contribution in [3.05, 3.63) is 48.2 Å². The lowest BCUT2D eigenvalue weighted by Crippen LogP contribution is -2.49. The first-order valence-electron chi connectivity index (χ1n) is 11.5. The number of hydrogen-bond donors (Lipinski definition) is 0. The van der Waals surface area contributed by atoms with Gasteiger partial charge in [0.2, 0.25) is 0 Å². The van der Waals surface area contributed by atoms with Gasteiger partial charge in [0.1, 0.15) is 11.4 Å². The Hall–Kier alpha value is -3.66. The van der Waals surface area contributed by atoms with Crippen LogP contribution in [-0.2, 0) is 11.8 Å². The minimum absolute atomic E-state index is 0.0162. The van der Waals surface area contributed by atoms with E-state index in [-0.39, 0.29) is 5.91 Å². The van der Waals surface area contributed by atoms with E-state index in [1.165, 1.54) is 0 Å². The highest BCUT2D eigenvalue weighted by Crippen LogP contribution is 2.24. The second-order valence-corrected chi connectivity index (χ2v) is 8.40. The number of aromatic nitrogens is 4. The number of benzene rings is 1. The number of nitrogens with zero attached hydrogens (tertiary/aromatic N) is 7. The standard InChI is InChI=1S/C24H29N7O3/c1-28-21(17-20(27-28)18-4-3-5-19(16-18)33-2)24(32)31-10-8-29(9-11-31)22-6-7-23(26-25-22)30-12-14-34-15-13-30/h3-7,16-17H,8-15H2,1-2H3. The summed E-state index contributed by atoms with van der Waals surface area (Å²) in [5.41, 5.74) is 2.23. The maximum absolute atomic E-state index is 13.2. The zero-order valence-corrected chi connectivity index (χ0v) is 19.6. The Labute approximate surface area is 198 Å². The van der Waals surface area contributed by atoms with Crippen molar-refractivity contribution in [1.29, 1.82) is 0 Å². The zero-order chi connectivity index (χ0) is 23.5. The first-order chi connectivity index (χ1) is 16.6. The Morgan fingerprint density at radius 1 is 0.912 bits per heavy atom. The summed E-state index contributed by atoms with van der Waals surface area (Å²) in [4.78, 5) is 19.5. The highest BCUT2D eigenvalue weighted by Gasteiger charge is 2.26. The highest BCUT2D eigenvalue weighted by atomic mass is 16.5. The summed E-state index contributed by atoms with van der Waals surface area (Å²) in [6, 6.07) is 13.6. The molecule has 0 bridgehead atoms. The predicted octanol–water partition coefficient (Wildman–Crippen LogP) is 1.68. The van der Waals surface area contributed by atoms with Gasteiger partial charge in [0, 0.05) is 51.9 Å². The monoisotopic (exact) mass is 463 g/mol. The number of carbonyl (C=O) groups excluding carboxylic acids is 1. The topological polar surface area (TPSA) is 88.9 Å². The lowest BCUT2D eigenvalue weighted by molar-refractivity contribution is 0.0735. The Balaban J connectivity index is 1.22. The first kappa shape index (κ1) is 22.1. The van der Waals surface area contributed by atoms with Crippen LogP contribution in [0.2, 0.25) is 0 Å². The Kier molecular flexibility index (Phi) is 6.31. The molecule has 5 rings (SSSR count). The van der Waals surface area contributed by atoms with Crippen LogP contribution in [0.25, 0.3) is 11.3 Å². The summed E-state index contributed by atoms with van der Waals surface area (Å²) in [5, 5.41) is 13.4. The number of rotatable bonds is 5. The molecule has 3 aromatic rings. The fourth-order valence-electron chi connectivity index (χ4n) is 4.34. The van der Waals surface area contributed by atoms with Crippen molar-refractivity contribution in [2.75, 3.05) is 69.4 Å². The first-order valence-corrected chi connectivity index (χ1v) is 11.5. The summed E-state index contributed by atoms with van der Waals surface area (Å²) in [5.74, 6) is 2.46. The molecule has 0 atom stereocenters. The second-order valence-electron chi connectivity index (χ2n) is 8.40. The summed E-state index contributed by atoms with van der Waals surface area (Å²) in [6.07, 6.45) is 0. The van der Waals surface area contributed by atoms with Crippen LogP contribution in [0.4, 0.5) is 11.6 Å². The van der Waals surface area contributed by atoms with Crippen molar-refractivity contribution in [3.8, 4) is 17.0 Å². The van der Waals surface area contributed by atoms with Crippen LogP contribution in [0, 0.1) is 0 Å². The van der Waals surface area contributed by atoms with Crippen LogP contribution >= 0.6 is 0 Å². The number of anilines is 2. The molecule has 10 nitrogen and oxygen atoms in total. The third-order valence-corrected chi connectivity index (χ3v) is 6.33. The molecule has 0 unspecified atom stereocenters. The molecular formula is C24H29N7O3. The van der Waals surface area contributed by atoms with Gasteiger partial charge in [-0.2, -0.15) is 5.10 Å². The van der Waals surface area contributed by atoms with Gasteiger partial charge in [0.05, 0.1) is 26.0 Å². The number of methoxy groups -OCH3 is 1. The van der Waals surface area contributed by atoms with E-state index in [2.05, 4.69) is 25.1 Å². The normalized spacial score (nSPS) is 16.6. The maximum atomic E-state index is 13.2. The molecule has 0 radical (unpaired) electrons. The predicted molar refractivity (Wildman–Crippen MR) is 128 cm³/mol. The largest absolute Gasteiger partial charge is 0.497 e. The summed E-state index contributed by atoms with van der Waals surface area (Å²) in [7, 11) is 3.44. The number of hydrogen-bond acceptors (Lipinski definition) is 8. The maximum Gasteiger partial charge on any atom is 0.272 e. The molecule has 10 heteroatoms. The Bertz CT molecular complexity index is 1130. The Morgan fingerprint density at radius 3 is 2.24 bits per heavy atom. The molecule has 2 aromatic heterocycles. The van der Waals surface area contributed by atoms with Crippen molar-refractivity contribution >= 4 is 17.5 Å². The number of amides is 1. The molecule has 4 heterocycles. The second kappa shape index (κ2) is 9.68. The average molecular weight is 464 g/mol. The molecule has 0 saturated carbocycles. The van der Waals surface area contributed by atoms with Crippen molar-refractivity contribution in [2.45, 2.75) is 0 Å². The third kappa shape index (κ3) is 4.54. The van der Waals surface area contributed by atoms with Crippen LogP contribution in [0.3, 0.4) is 0 Å². The SMILES string of the molecule is COc1cccc(-c2cc(C(=O)N3CCN(c4ccc(N5CCOCC5)nn4)CC3)n(C)n2)c1. The van der Waals surface area contributed by atoms with Gasteiger partial charge in [-0.15, -0.1) is 10.2 Å². The average Bonchev–Trinajstić information content (AvgIpc) is 3.30. The molecule has 0 aliphatic carbocycles. The number of morpholine rings is 1. The zero-order valence-electron chi connectivity index (χ0n) is 19.6. The van der Waals surface area contributed by atoms with Crippen LogP contribution in [0.5, 0.6) is 5.75 Å². The van der Waals surface area contributed by atoms with Gasteiger partial charge >= 0.3 is 0 Å². The van der Waals surface area contributed by atoms with Gasteiger partial charge in [0.25, 0.3) is 5.91 Å². The molecule has 0 N–H and O–H groups in total. The molecule has 2 aliphatic heterocycles. The van der Waals surface area contributed by atoms with Gasteiger partial charge in [0.15, 0.2) is 11.6 Å². The van der Waals surface area contributed by atoms with E-state index in [4.69, 9.17) is 9.47 Å². The molecule has 2 fully saturated rings. The number of carbonyl (C=O) groups is 1. The van der Waals surface area contributed by atoms with Crippen LogP contribution in [0.1, 0.15) is 10.5 Å². The van der Waals surface area contributed by atoms with E-state index in [0.717, 1.165) is 54.9 Å². The van der Waals surface area contributed by atoms with E-state index >= 15 is 0 Å². The fraction of sp³-hybridized carbons (Fsp3) is 0.417. The van der Waals surface area contributed by atoms with Gasteiger partial charge in [-0.25, -0.2) is 0 Å². The van der Waals surface area contributed by atoms with Gasteiger partial charge in [-0.05, 0) is 30.3 Å². The molecule has 1 aromatic carbocycles. The lowest BCUT2D eigenvalue weighted by atomic mass is 10.1. The van der Waals surface area contributed by atoms with E-state index in [0.29, 0.717) is 31.9 Å². The fourth-order valence-corrected chi connectivity index (χ4v) is 4.34. The number of aryl methyl sites for hydroxylation is 1. The molecular weight excluding hydrogens is 434 g/mol. The van der Waals surface area contributed by atoms with Crippen molar-refractivity contribution in [3.63, 3.8) is 0 Å². The van der Waals surface area contributed by atoms with Crippen LogP contribution in [-0.4, -0.2) is 90.4 Å². The number of ether oxygens (including phenoxy) is 2. The van der Waals surface area contributed by atoms with E-state index in [1.54, 1.807) is 18.8 Å². The van der Waals surface area contributed by atoms with Crippen molar-refractivity contribution < 1.29 is 14.3 Å².